The molecule has 30 heavy (non-hydrogen) atoms. The van der Waals surface area contributed by atoms with Crippen LogP contribution >= 0.6 is 11.3 Å². The Morgan fingerprint density at radius 2 is 1.97 bits per heavy atom. The summed E-state index contributed by atoms with van der Waals surface area (Å²) in [6.45, 7) is 6.25. The summed E-state index contributed by atoms with van der Waals surface area (Å²) in [6.07, 6.45) is 5.04. The maximum atomic E-state index is 12.8. The van der Waals surface area contributed by atoms with Crippen LogP contribution in [0.4, 0.5) is 0 Å². The summed E-state index contributed by atoms with van der Waals surface area (Å²) in [7, 11) is -3.40. The summed E-state index contributed by atoms with van der Waals surface area (Å²) in [5, 5.41) is 6.12. The number of carbonyl (C=O) groups is 1. The highest BCUT2D eigenvalue weighted by atomic mass is 32.2. The summed E-state index contributed by atoms with van der Waals surface area (Å²) < 4.78 is 29.2. The maximum absolute atomic E-state index is 12.8. The van der Waals surface area contributed by atoms with Crippen molar-refractivity contribution in [1.82, 2.24) is 18.8 Å². The number of amides is 1. The molecule has 1 amide bonds. The first-order valence-electron chi connectivity index (χ1n) is 10.3. The molecular weight excluding hydrogens is 420 g/mol. The van der Waals surface area contributed by atoms with Crippen molar-refractivity contribution in [3.8, 4) is 0 Å². The van der Waals surface area contributed by atoms with Crippen LogP contribution in [0, 0.1) is 0 Å². The van der Waals surface area contributed by atoms with Crippen molar-refractivity contribution in [2.75, 3.05) is 26.2 Å². The van der Waals surface area contributed by atoms with Crippen LogP contribution in [-0.4, -0.2) is 59.3 Å². The van der Waals surface area contributed by atoms with E-state index in [0.717, 1.165) is 23.9 Å². The Morgan fingerprint density at radius 1 is 1.23 bits per heavy atom. The number of nitrogens with zero attached hydrogens (tertiary/aromatic N) is 4. The van der Waals surface area contributed by atoms with Gasteiger partial charge in [0, 0.05) is 32.4 Å². The molecule has 9 heteroatoms. The first kappa shape index (κ1) is 21.0. The minimum atomic E-state index is -3.40. The molecule has 0 atom stereocenters. The van der Waals surface area contributed by atoms with E-state index in [1.807, 2.05) is 32.2 Å². The van der Waals surface area contributed by atoms with Crippen LogP contribution in [0.2, 0.25) is 0 Å². The maximum Gasteiger partial charge on any atom is 0.257 e. The zero-order valence-electron chi connectivity index (χ0n) is 17.2. The molecule has 0 N–H and O–H groups in total. The van der Waals surface area contributed by atoms with Crippen LogP contribution in [0.3, 0.4) is 0 Å². The van der Waals surface area contributed by atoms with Gasteiger partial charge in [0.25, 0.3) is 15.9 Å². The summed E-state index contributed by atoms with van der Waals surface area (Å²) in [5.74, 6) is 0.250. The molecule has 0 aliphatic carbocycles. The van der Waals surface area contributed by atoms with Gasteiger partial charge in [-0.25, -0.2) is 12.9 Å². The number of hydrogen-bond donors (Lipinski definition) is 0. The van der Waals surface area contributed by atoms with Crippen LogP contribution in [0.1, 0.15) is 48.5 Å². The Morgan fingerprint density at radius 3 is 2.60 bits per heavy atom. The van der Waals surface area contributed by atoms with Crippen LogP contribution in [0.25, 0.3) is 5.52 Å². The van der Waals surface area contributed by atoms with Gasteiger partial charge in [0.1, 0.15) is 4.21 Å². The number of thiophene rings is 1. The second-order valence-electron chi connectivity index (χ2n) is 7.44. The average molecular weight is 447 g/mol. The quantitative estimate of drug-likeness (QED) is 0.581. The molecule has 0 spiro atoms. The van der Waals surface area contributed by atoms with Crippen molar-refractivity contribution in [2.24, 2.45) is 0 Å². The molecule has 7 nitrogen and oxygen atoms in total. The molecule has 3 aromatic heterocycles. The second kappa shape index (κ2) is 8.49. The van der Waals surface area contributed by atoms with E-state index in [4.69, 9.17) is 0 Å². The predicted octanol–water partition coefficient (Wildman–Crippen LogP) is 3.45. The lowest BCUT2D eigenvalue weighted by Gasteiger charge is -2.31. The van der Waals surface area contributed by atoms with E-state index in [1.54, 1.807) is 37.4 Å². The third kappa shape index (κ3) is 3.77. The van der Waals surface area contributed by atoms with Gasteiger partial charge >= 0.3 is 0 Å². The number of carbonyl (C=O) groups excluding carboxylic acids is 1. The highest BCUT2D eigenvalue weighted by molar-refractivity contribution is 7.91. The van der Waals surface area contributed by atoms with Gasteiger partial charge < -0.3 is 4.90 Å². The number of aromatic nitrogens is 2. The summed E-state index contributed by atoms with van der Waals surface area (Å²) in [4.78, 5) is 14.6. The molecule has 4 heterocycles. The Kier molecular flexibility index (Phi) is 5.95. The molecule has 0 saturated carbocycles. The van der Waals surface area contributed by atoms with Crippen LogP contribution < -0.4 is 0 Å². The third-order valence-electron chi connectivity index (χ3n) is 5.84. The lowest BCUT2D eigenvalue weighted by molar-refractivity contribution is 0.0775. The number of sulfonamides is 1. The van der Waals surface area contributed by atoms with Crippen molar-refractivity contribution in [2.45, 2.75) is 36.8 Å². The van der Waals surface area contributed by atoms with Crippen molar-refractivity contribution in [3.05, 3.63) is 53.2 Å². The third-order valence-corrected chi connectivity index (χ3v) is 9.11. The van der Waals surface area contributed by atoms with E-state index in [0.29, 0.717) is 36.0 Å². The molecule has 1 fully saturated rings. The van der Waals surface area contributed by atoms with Gasteiger partial charge in [0.15, 0.2) is 0 Å². The van der Waals surface area contributed by atoms with Gasteiger partial charge in [-0.05, 0) is 61.7 Å². The van der Waals surface area contributed by atoms with Gasteiger partial charge in [0.05, 0.1) is 17.3 Å². The first-order chi connectivity index (χ1) is 14.5. The Bertz CT molecular complexity index is 1130. The summed E-state index contributed by atoms with van der Waals surface area (Å²) in [6, 6.07) is 7.49. The van der Waals surface area contributed by atoms with Gasteiger partial charge in [-0.3, -0.25) is 4.79 Å². The average Bonchev–Trinajstić information content (AvgIpc) is 3.44. The monoisotopic (exact) mass is 446 g/mol. The van der Waals surface area contributed by atoms with E-state index in [9.17, 15) is 13.2 Å². The molecule has 0 bridgehead atoms. The zero-order chi connectivity index (χ0) is 21.3. The first-order valence-corrected chi connectivity index (χ1v) is 12.6. The molecular formula is C21H26N4O3S2. The lowest BCUT2D eigenvalue weighted by Crippen LogP contribution is -2.37. The van der Waals surface area contributed by atoms with Crippen LogP contribution in [0.5, 0.6) is 0 Å². The zero-order valence-corrected chi connectivity index (χ0v) is 18.8. The lowest BCUT2D eigenvalue weighted by atomic mass is 9.90. The number of rotatable bonds is 6. The molecule has 1 aliphatic heterocycles. The largest absolute Gasteiger partial charge is 0.339 e. The molecule has 160 valence electrons. The minimum absolute atomic E-state index is 0.0102. The van der Waals surface area contributed by atoms with E-state index in [1.165, 1.54) is 11.3 Å². The molecule has 0 unspecified atom stereocenters. The van der Waals surface area contributed by atoms with Gasteiger partial charge in [-0.1, -0.05) is 6.07 Å². The second-order valence-corrected chi connectivity index (χ2v) is 10.5. The molecule has 0 radical (unpaired) electrons. The van der Waals surface area contributed by atoms with Gasteiger partial charge in [-0.15, -0.1) is 11.3 Å². The normalized spacial score (nSPS) is 16.2. The highest BCUT2D eigenvalue weighted by Gasteiger charge is 2.31. The molecule has 1 saturated heterocycles. The Labute approximate surface area is 181 Å². The van der Waals surface area contributed by atoms with Crippen LogP contribution in [-0.2, 0) is 10.0 Å². The fourth-order valence-corrected chi connectivity index (χ4v) is 6.68. The predicted molar refractivity (Wildman–Crippen MR) is 117 cm³/mol. The summed E-state index contributed by atoms with van der Waals surface area (Å²) in [5.41, 5.74) is 2.54. The molecule has 1 aliphatic rings. The fourth-order valence-electron chi connectivity index (χ4n) is 4.06. The van der Waals surface area contributed by atoms with E-state index >= 15 is 0 Å². The highest BCUT2D eigenvalue weighted by Crippen LogP contribution is 2.32. The Hall–Kier alpha value is -2.23. The smallest absolute Gasteiger partial charge is 0.257 e. The Balaban J connectivity index is 1.53. The van der Waals surface area contributed by atoms with E-state index < -0.39 is 10.0 Å². The minimum Gasteiger partial charge on any atom is -0.339 e. The molecule has 3 aromatic rings. The molecule has 4 rings (SSSR count). The number of pyridine rings is 1. The van der Waals surface area contributed by atoms with Crippen LogP contribution in [0.15, 0.2) is 46.2 Å². The van der Waals surface area contributed by atoms with Crippen molar-refractivity contribution >= 4 is 32.8 Å². The van der Waals surface area contributed by atoms with Crippen molar-refractivity contribution in [1.29, 1.82) is 0 Å². The number of piperidine rings is 1. The standard InChI is InChI=1S/C21H26N4O3S2/c1-3-23(4-2)21(26)18-15-22-25-12-9-17(14-19(18)25)16-7-10-24(11-8-16)30(27,28)20-6-5-13-29-20/h5-6,9,12-16H,3-4,7-8,10-11H2,1-2H3. The molecule has 0 aromatic carbocycles. The van der Waals surface area contributed by atoms with E-state index in [-0.39, 0.29) is 11.8 Å². The summed E-state index contributed by atoms with van der Waals surface area (Å²) >= 11 is 1.26. The number of fused-ring (bicyclic) bond motifs is 1. The van der Waals surface area contributed by atoms with Crippen molar-refractivity contribution in [3.63, 3.8) is 0 Å². The topological polar surface area (TPSA) is 75.0 Å². The van der Waals surface area contributed by atoms with Gasteiger partial charge in [-0.2, -0.15) is 9.40 Å². The fraction of sp³-hybridized carbons (Fsp3) is 0.429. The number of hydrogen-bond acceptors (Lipinski definition) is 5. The SMILES string of the molecule is CCN(CC)C(=O)c1cnn2ccc(C3CCN(S(=O)(=O)c4cccs4)CC3)cc12. The van der Waals surface area contributed by atoms with E-state index in [2.05, 4.69) is 5.10 Å². The van der Waals surface area contributed by atoms with Crippen molar-refractivity contribution < 1.29 is 13.2 Å². The van der Waals surface area contributed by atoms with Gasteiger partial charge in [0.2, 0.25) is 0 Å².